The lowest BCUT2D eigenvalue weighted by atomic mass is 10.2. The highest BCUT2D eigenvalue weighted by Crippen LogP contribution is 2.18. The predicted octanol–water partition coefficient (Wildman–Crippen LogP) is 2.03. The molecule has 2 amide bonds. The van der Waals surface area contributed by atoms with E-state index in [-0.39, 0.29) is 12.1 Å². The molecule has 1 aromatic carbocycles. The molecule has 1 saturated heterocycles. The van der Waals surface area contributed by atoms with Crippen LogP contribution in [0.2, 0.25) is 0 Å². The molecule has 128 valence electrons. The van der Waals surface area contributed by atoms with E-state index < -0.39 is 0 Å². The van der Waals surface area contributed by atoms with Crippen LogP contribution >= 0.6 is 0 Å². The summed E-state index contributed by atoms with van der Waals surface area (Å²) in [5, 5.41) is 2.92. The number of carbonyl (C=O) groups excluding carboxylic acids is 1. The largest absolute Gasteiger partial charge is 0.493 e. The molecule has 6 nitrogen and oxygen atoms in total. The van der Waals surface area contributed by atoms with Gasteiger partial charge in [-0.1, -0.05) is 25.1 Å². The zero-order chi connectivity index (χ0) is 16.5. The van der Waals surface area contributed by atoms with E-state index in [0.29, 0.717) is 39.5 Å². The molecule has 0 bridgehead atoms. The average Bonchev–Trinajstić information content (AvgIpc) is 2.59. The van der Waals surface area contributed by atoms with Gasteiger partial charge in [0.2, 0.25) is 0 Å². The first kappa shape index (κ1) is 17.6. The molecule has 1 aromatic rings. The lowest BCUT2D eigenvalue weighted by Crippen LogP contribution is -2.44. The Morgan fingerprint density at radius 2 is 2.22 bits per heavy atom. The number of urea groups is 1. The van der Waals surface area contributed by atoms with Crippen LogP contribution in [0.15, 0.2) is 24.3 Å². The van der Waals surface area contributed by atoms with Crippen molar-refractivity contribution in [3.63, 3.8) is 0 Å². The second kappa shape index (κ2) is 9.37. The highest BCUT2D eigenvalue weighted by atomic mass is 16.6. The lowest BCUT2D eigenvalue weighted by molar-refractivity contribution is -0.0928. The van der Waals surface area contributed by atoms with E-state index in [4.69, 9.17) is 14.2 Å². The number of carbonyl (C=O) groups is 1. The topological polar surface area (TPSA) is 60.0 Å². The first-order valence-corrected chi connectivity index (χ1v) is 8.09. The molecule has 1 N–H and O–H groups in total. The molecule has 1 atom stereocenters. The minimum atomic E-state index is -0.135. The standard InChI is InChI=1S/C17H26N2O4/c1-3-8-23-16-7-5-4-6-14(16)11-18-17(20)19(2)12-15-13-21-9-10-22-15/h4-7,15H,3,8-13H2,1-2H3,(H,18,20)/t15-/m0/s1. The van der Waals surface area contributed by atoms with Gasteiger partial charge >= 0.3 is 6.03 Å². The zero-order valence-corrected chi connectivity index (χ0v) is 13.9. The van der Waals surface area contributed by atoms with Gasteiger partial charge in [0, 0.05) is 19.2 Å². The summed E-state index contributed by atoms with van der Waals surface area (Å²) in [6.45, 7) is 5.43. The summed E-state index contributed by atoms with van der Waals surface area (Å²) in [7, 11) is 1.76. The van der Waals surface area contributed by atoms with Gasteiger partial charge in [0.25, 0.3) is 0 Å². The number of rotatable bonds is 7. The highest BCUT2D eigenvalue weighted by Gasteiger charge is 2.19. The van der Waals surface area contributed by atoms with Crippen LogP contribution in [0.5, 0.6) is 5.75 Å². The fraction of sp³-hybridized carbons (Fsp3) is 0.588. The molecule has 0 unspecified atom stereocenters. The number of nitrogens with one attached hydrogen (secondary N) is 1. The normalized spacial score (nSPS) is 17.6. The predicted molar refractivity (Wildman–Crippen MR) is 87.7 cm³/mol. The Morgan fingerprint density at radius 3 is 2.96 bits per heavy atom. The third-order valence-corrected chi connectivity index (χ3v) is 3.57. The maximum Gasteiger partial charge on any atom is 0.317 e. The van der Waals surface area contributed by atoms with E-state index in [1.165, 1.54) is 0 Å². The van der Waals surface area contributed by atoms with Gasteiger partial charge in [-0.15, -0.1) is 0 Å². The molecule has 23 heavy (non-hydrogen) atoms. The molecule has 0 spiro atoms. The van der Waals surface area contributed by atoms with Crippen LogP contribution in [0.4, 0.5) is 4.79 Å². The Morgan fingerprint density at radius 1 is 1.39 bits per heavy atom. The lowest BCUT2D eigenvalue weighted by Gasteiger charge is -2.27. The van der Waals surface area contributed by atoms with Gasteiger partial charge in [0.05, 0.1) is 39.1 Å². The van der Waals surface area contributed by atoms with Crippen LogP contribution in [0.3, 0.4) is 0 Å². The van der Waals surface area contributed by atoms with Crippen molar-refractivity contribution in [2.24, 2.45) is 0 Å². The van der Waals surface area contributed by atoms with Gasteiger partial charge in [-0.25, -0.2) is 4.79 Å². The maximum atomic E-state index is 12.2. The van der Waals surface area contributed by atoms with Gasteiger partial charge < -0.3 is 24.4 Å². The van der Waals surface area contributed by atoms with Gasteiger partial charge in [0.1, 0.15) is 5.75 Å². The molecule has 2 rings (SSSR count). The second-order valence-corrected chi connectivity index (χ2v) is 5.56. The number of hydrogen-bond donors (Lipinski definition) is 1. The van der Waals surface area contributed by atoms with E-state index in [2.05, 4.69) is 12.2 Å². The molecule has 0 aliphatic carbocycles. The summed E-state index contributed by atoms with van der Waals surface area (Å²) < 4.78 is 16.6. The number of ether oxygens (including phenoxy) is 3. The van der Waals surface area contributed by atoms with Crippen molar-refractivity contribution in [1.29, 1.82) is 0 Å². The van der Waals surface area contributed by atoms with Crippen molar-refractivity contribution >= 4 is 6.03 Å². The Balaban J connectivity index is 1.81. The maximum absolute atomic E-state index is 12.2. The van der Waals surface area contributed by atoms with E-state index in [1.807, 2.05) is 24.3 Å². The van der Waals surface area contributed by atoms with Crippen molar-refractivity contribution in [3.8, 4) is 5.75 Å². The van der Waals surface area contributed by atoms with E-state index in [0.717, 1.165) is 17.7 Å². The SMILES string of the molecule is CCCOc1ccccc1CNC(=O)N(C)C[C@H]1COCCO1. The van der Waals surface area contributed by atoms with Crippen LogP contribution < -0.4 is 10.1 Å². The first-order chi connectivity index (χ1) is 11.2. The van der Waals surface area contributed by atoms with E-state index in [1.54, 1.807) is 11.9 Å². The zero-order valence-electron chi connectivity index (χ0n) is 13.9. The van der Waals surface area contributed by atoms with Crippen molar-refractivity contribution in [2.45, 2.75) is 26.0 Å². The summed E-state index contributed by atoms with van der Waals surface area (Å²) >= 11 is 0. The van der Waals surface area contributed by atoms with Gasteiger partial charge in [-0.2, -0.15) is 0 Å². The quantitative estimate of drug-likeness (QED) is 0.834. The first-order valence-electron chi connectivity index (χ1n) is 8.09. The Hall–Kier alpha value is -1.79. The van der Waals surface area contributed by atoms with Crippen molar-refractivity contribution < 1.29 is 19.0 Å². The van der Waals surface area contributed by atoms with E-state index >= 15 is 0 Å². The monoisotopic (exact) mass is 322 g/mol. The van der Waals surface area contributed by atoms with Crippen molar-refractivity contribution in [1.82, 2.24) is 10.2 Å². The van der Waals surface area contributed by atoms with Gasteiger partial charge in [-0.3, -0.25) is 0 Å². The number of likely N-dealkylation sites (N-methyl/N-ethyl adjacent to an activating group) is 1. The highest BCUT2D eigenvalue weighted by molar-refractivity contribution is 5.74. The van der Waals surface area contributed by atoms with Crippen LogP contribution in [0, 0.1) is 0 Å². The van der Waals surface area contributed by atoms with Crippen LogP contribution in [-0.2, 0) is 16.0 Å². The van der Waals surface area contributed by atoms with Crippen molar-refractivity contribution in [2.75, 3.05) is 40.0 Å². The number of benzene rings is 1. The third-order valence-electron chi connectivity index (χ3n) is 3.57. The minimum absolute atomic E-state index is 0.0559. The van der Waals surface area contributed by atoms with Gasteiger partial charge in [-0.05, 0) is 12.5 Å². The molecule has 0 aromatic heterocycles. The van der Waals surface area contributed by atoms with Crippen LogP contribution in [0.25, 0.3) is 0 Å². The van der Waals surface area contributed by atoms with Crippen LogP contribution in [-0.4, -0.2) is 57.1 Å². The number of nitrogens with zero attached hydrogens (tertiary/aromatic N) is 1. The molecule has 0 radical (unpaired) electrons. The summed E-state index contributed by atoms with van der Waals surface area (Å²) in [4.78, 5) is 13.8. The molecule has 1 fully saturated rings. The summed E-state index contributed by atoms with van der Waals surface area (Å²) in [5.41, 5.74) is 0.972. The Labute approximate surface area is 137 Å². The third kappa shape index (κ3) is 5.73. The number of hydrogen-bond acceptors (Lipinski definition) is 4. The fourth-order valence-electron chi connectivity index (χ4n) is 2.34. The molecule has 1 aliphatic rings. The number of amides is 2. The fourth-order valence-corrected chi connectivity index (χ4v) is 2.34. The average molecular weight is 322 g/mol. The summed E-state index contributed by atoms with van der Waals surface area (Å²) in [5.74, 6) is 0.821. The molecular weight excluding hydrogens is 296 g/mol. The summed E-state index contributed by atoms with van der Waals surface area (Å²) in [6.07, 6.45) is 0.895. The molecule has 1 heterocycles. The molecule has 1 aliphatic heterocycles. The summed E-state index contributed by atoms with van der Waals surface area (Å²) in [6, 6.07) is 7.63. The molecular formula is C17H26N2O4. The van der Waals surface area contributed by atoms with Crippen molar-refractivity contribution in [3.05, 3.63) is 29.8 Å². The Bertz CT molecular complexity index is 489. The molecule has 0 saturated carbocycles. The van der Waals surface area contributed by atoms with E-state index in [9.17, 15) is 4.79 Å². The molecule has 6 heteroatoms. The number of para-hydroxylation sites is 1. The Kier molecular flexibility index (Phi) is 7.16. The minimum Gasteiger partial charge on any atom is -0.493 e. The smallest absolute Gasteiger partial charge is 0.317 e. The van der Waals surface area contributed by atoms with Gasteiger partial charge in [0.15, 0.2) is 0 Å². The second-order valence-electron chi connectivity index (χ2n) is 5.56. The van der Waals surface area contributed by atoms with Crippen LogP contribution in [0.1, 0.15) is 18.9 Å².